The van der Waals surface area contributed by atoms with Gasteiger partial charge in [0.1, 0.15) is 17.9 Å². The molecule has 0 aliphatic carbocycles. The number of halogens is 3. The summed E-state index contributed by atoms with van der Waals surface area (Å²) >= 11 is 0. The molecule has 0 spiro atoms. The highest BCUT2D eigenvalue weighted by atomic mass is 19.4. The number of para-hydroxylation sites is 1. The van der Waals surface area contributed by atoms with E-state index in [9.17, 15) is 18.0 Å². The van der Waals surface area contributed by atoms with Gasteiger partial charge in [0.05, 0.1) is 0 Å². The summed E-state index contributed by atoms with van der Waals surface area (Å²) in [5.74, 6) is 0.0336. The zero-order valence-corrected chi connectivity index (χ0v) is 13.0. The third-order valence-corrected chi connectivity index (χ3v) is 3.49. The van der Waals surface area contributed by atoms with Crippen molar-refractivity contribution in [2.24, 2.45) is 0 Å². The van der Waals surface area contributed by atoms with Gasteiger partial charge >= 0.3 is 6.18 Å². The first-order chi connectivity index (χ1) is 10.9. The van der Waals surface area contributed by atoms with Gasteiger partial charge in [-0.15, -0.1) is 0 Å². The number of nitrogens with zero attached hydrogens (tertiary/aromatic N) is 1. The smallest absolute Gasteiger partial charge is 0.406 e. The molecule has 0 saturated carbocycles. The van der Waals surface area contributed by atoms with Crippen molar-refractivity contribution in [3.05, 3.63) is 41.7 Å². The summed E-state index contributed by atoms with van der Waals surface area (Å²) in [6.45, 7) is 2.18. The van der Waals surface area contributed by atoms with Crippen LogP contribution >= 0.6 is 0 Å². The second kappa shape index (κ2) is 6.89. The van der Waals surface area contributed by atoms with E-state index in [1.54, 1.807) is 0 Å². The molecule has 23 heavy (non-hydrogen) atoms. The Labute approximate surface area is 132 Å². The van der Waals surface area contributed by atoms with Gasteiger partial charge in [-0.25, -0.2) is 0 Å². The number of fused-ring (bicyclic) bond motifs is 1. The zero-order chi connectivity index (χ0) is 17.0. The number of aryl methyl sites for hydroxylation is 1. The fourth-order valence-electron chi connectivity index (χ4n) is 2.38. The van der Waals surface area contributed by atoms with Crippen molar-refractivity contribution in [3.63, 3.8) is 0 Å². The maximum Gasteiger partial charge on any atom is 0.406 e. The Morgan fingerprint density at radius 3 is 2.57 bits per heavy atom. The van der Waals surface area contributed by atoms with E-state index in [1.807, 2.05) is 31.2 Å². The second-order valence-electron chi connectivity index (χ2n) is 5.09. The Hall–Kier alpha value is -2.24. The Morgan fingerprint density at radius 2 is 1.96 bits per heavy atom. The molecule has 0 bridgehead atoms. The largest absolute Gasteiger partial charge is 0.460 e. The first-order valence-electron chi connectivity index (χ1n) is 7.39. The predicted molar refractivity (Wildman–Crippen MR) is 82.9 cm³/mol. The summed E-state index contributed by atoms with van der Waals surface area (Å²) in [7, 11) is 0. The number of likely N-dealkylation sites (N-methyl/N-ethyl adjacent to an activating group) is 1. The number of alkyl halides is 3. The van der Waals surface area contributed by atoms with Crippen LogP contribution in [0, 0.1) is 0 Å². The predicted octanol–water partition coefficient (Wildman–Crippen LogP) is 4.42. The van der Waals surface area contributed by atoms with Crippen molar-refractivity contribution < 1.29 is 22.4 Å². The Kier molecular flexibility index (Phi) is 5.13. The summed E-state index contributed by atoms with van der Waals surface area (Å²) in [6, 6.07) is 7.36. The van der Waals surface area contributed by atoms with Gasteiger partial charge in [-0.2, -0.15) is 13.2 Å². The molecule has 0 radical (unpaired) electrons. The molecule has 0 saturated heterocycles. The van der Waals surface area contributed by atoms with Crippen LogP contribution in [0.5, 0.6) is 0 Å². The molecule has 1 amide bonds. The number of hydrogen-bond donors (Lipinski definition) is 0. The van der Waals surface area contributed by atoms with Crippen LogP contribution in [0.15, 0.2) is 34.8 Å². The van der Waals surface area contributed by atoms with Gasteiger partial charge in [0.15, 0.2) is 0 Å². The molecular formula is C17H18F3NO2. The van der Waals surface area contributed by atoms with Crippen LogP contribution in [0.2, 0.25) is 0 Å². The van der Waals surface area contributed by atoms with Crippen molar-refractivity contribution in [1.82, 2.24) is 4.90 Å². The summed E-state index contributed by atoms with van der Waals surface area (Å²) in [4.78, 5) is 12.7. The molecule has 2 aromatic rings. The molecule has 0 aliphatic rings. The summed E-state index contributed by atoms with van der Waals surface area (Å²) in [5.41, 5.74) is 1.43. The molecule has 0 aliphatic heterocycles. The first-order valence-corrected chi connectivity index (χ1v) is 7.39. The van der Waals surface area contributed by atoms with Crippen LogP contribution in [0.4, 0.5) is 13.2 Å². The maximum atomic E-state index is 12.5. The molecule has 124 valence electrons. The van der Waals surface area contributed by atoms with E-state index in [0.717, 1.165) is 15.8 Å². The molecular weight excluding hydrogens is 307 g/mol. The van der Waals surface area contributed by atoms with Crippen molar-refractivity contribution in [2.45, 2.75) is 26.4 Å². The maximum absolute atomic E-state index is 12.5. The van der Waals surface area contributed by atoms with Crippen LogP contribution in [-0.4, -0.2) is 30.1 Å². The van der Waals surface area contributed by atoms with Crippen LogP contribution in [0.1, 0.15) is 25.2 Å². The van der Waals surface area contributed by atoms with E-state index in [1.165, 1.54) is 19.1 Å². The fourth-order valence-corrected chi connectivity index (χ4v) is 2.38. The number of hydrogen-bond acceptors (Lipinski definition) is 2. The van der Waals surface area contributed by atoms with Crippen molar-refractivity contribution in [2.75, 3.05) is 13.1 Å². The van der Waals surface area contributed by atoms with Gasteiger partial charge < -0.3 is 9.32 Å². The summed E-state index contributed by atoms with van der Waals surface area (Å²) in [6.07, 6.45) is -1.07. The fraction of sp³-hybridized carbons (Fsp3) is 0.353. The lowest BCUT2D eigenvalue weighted by atomic mass is 10.1. The minimum Gasteiger partial charge on any atom is -0.460 e. The molecule has 0 N–H and O–H groups in total. The quantitative estimate of drug-likeness (QED) is 0.763. The highest BCUT2D eigenvalue weighted by Crippen LogP contribution is 2.27. The van der Waals surface area contributed by atoms with Crippen molar-refractivity contribution >= 4 is 23.0 Å². The van der Waals surface area contributed by atoms with Gasteiger partial charge in [-0.05, 0) is 19.1 Å². The number of rotatable bonds is 5. The summed E-state index contributed by atoms with van der Waals surface area (Å²) in [5, 5.41) is 0.840. The number of furan rings is 1. The molecule has 0 fully saturated rings. The lowest BCUT2D eigenvalue weighted by molar-refractivity contribution is -0.157. The standard InChI is InChI=1S/C17H18F3NO2/c1-3-14-13(12-7-5-6-8-15(12)23-14)9-10-16(22)21(4-2)11-17(18,19)20/h5-10H,3-4,11H2,1-2H3. The average molecular weight is 325 g/mol. The highest BCUT2D eigenvalue weighted by molar-refractivity contribution is 5.96. The SMILES string of the molecule is CCc1oc2ccccc2c1C=CC(=O)N(CC)CC(F)(F)F. The van der Waals surface area contributed by atoms with Crippen LogP contribution in [-0.2, 0) is 11.2 Å². The van der Waals surface area contributed by atoms with Gasteiger partial charge in [0.2, 0.25) is 5.91 Å². The number of benzene rings is 1. The normalized spacial score (nSPS) is 12.2. The van der Waals surface area contributed by atoms with Gasteiger partial charge in [0.25, 0.3) is 0 Å². The number of amides is 1. The molecule has 0 atom stereocenters. The number of carbonyl (C=O) groups is 1. The van der Waals surface area contributed by atoms with Crippen molar-refractivity contribution in [1.29, 1.82) is 0 Å². The Bertz CT molecular complexity index is 716. The zero-order valence-electron chi connectivity index (χ0n) is 13.0. The molecule has 1 aromatic heterocycles. The first kappa shape index (κ1) is 17.1. The van der Waals surface area contributed by atoms with E-state index in [4.69, 9.17) is 4.42 Å². The Balaban J connectivity index is 2.27. The lowest BCUT2D eigenvalue weighted by Gasteiger charge is -2.20. The van der Waals surface area contributed by atoms with E-state index < -0.39 is 18.6 Å². The third-order valence-electron chi connectivity index (χ3n) is 3.49. The van der Waals surface area contributed by atoms with E-state index in [-0.39, 0.29) is 6.54 Å². The van der Waals surface area contributed by atoms with E-state index in [0.29, 0.717) is 17.8 Å². The molecule has 3 nitrogen and oxygen atoms in total. The second-order valence-corrected chi connectivity index (χ2v) is 5.09. The number of carbonyl (C=O) groups excluding carboxylic acids is 1. The molecule has 6 heteroatoms. The monoisotopic (exact) mass is 325 g/mol. The van der Waals surface area contributed by atoms with E-state index >= 15 is 0 Å². The molecule has 2 rings (SSSR count). The van der Waals surface area contributed by atoms with Crippen LogP contribution in [0.25, 0.3) is 17.0 Å². The van der Waals surface area contributed by atoms with Crippen molar-refractivity contribution in [3.8, 4) is 0 Å². The molecule has 1 aromatic carbocycles. The minimum absolute atomic E-state index is 0.00451. The topological polar surface area (TPSA) is 33.5 Å². The lowest BCUT2D eigenvalue weighted by Crippen LogP contribution is -2.37. The van der Waals surface area contributed by atoms with Gasteiger partial charge in [-0.1, -0.05) is 25.1 Å². The Morgan fingerprint density at radius 1 is 1.26 bits per heavy atom. The average Bonchev–Trinajstić information content (AvgIpc) is 2.87. The molecule has 1 heterocycles. The minimum atomic E-state index is -4.41. The highest BCUT2D eigenvalue weighted by Gasteiger charge is 2.31. The van der Waals surface area contributed by atoms with Gasteiger partial charge in [0, 0.05) is 30.0 Å². The van der Waals surface area contributed by atoms with Crippen LogP contribution in [0.3, 0.4) is 0 Å². The third kappa shape index (κ3) is 4.15. The van der Waals surface area contributed by atoms with Crippen LogP contribution < -0.4 is 0 Å². The summed E-state index contributed by atoms with van der Waals surface area (Å²) < 4.78 is 43.1. The van der Waals surface area contributed by atoms with Gasteiger partial charge in [-0.3, -0.25) is 4.79 Å². The van der Waals surface area contributed by atoms with E-state index in [2.05, 4.69) is 0 Å². The molecule has 0 unspecified atom stereocenters.